The van der Waals surface area contributed by atoms with Crippen molar-refractivity contribution in [3.63, 3.8) is 0 Å². The monoisotopic (exact) mass is 278 g/mol. The van der Waals surface area contributed by atoms with Crippen LogP contribution >= 0.6 is 0 Å². The smallest absolute Gasteiger partial charge is 0.273 e. The molecule has 1 aliphatic carbocycles. The maximum Gasteiger partial charge on any atom is 0.273 e. The molecule has 110 valence electrons. The number of rotatable bonds is 2. The van der Waals surface area contributed by atoms with E-state index in [4.69, 9.17) is 4.74 Å². The number of carbonyl (C=O) groups excluding carboxylic acids is 1. The fourth-order valence-corrected chi connectivity index (χ4v) is 3.58. The van der Waals surface area contributed by atoms with Crippen molar-refractivity contribution in [1.29, 1.82) is 0 Å². The Hall–Kier alpha value is -1.43. The van der Waals surface area contributed by atoms with Crippen LogP contribution in [0.4, 0.5) is 0 Å². The zero-order chi connectivity index (χ0) is 14.2. The van der Waals surface area contributed by atoms with Crippen LogP contribution in [-0.4, -0.2) is 40.2 Å². The maximum atomic E-state index is 12.4. The summed E-state index contributed by atoms with van der Waals surface area (Å²) in [5.41, 5.74) is 1.49. The lowest BCUT2D eigenvalue weighted by molar-refractivity contribution is 0.00468. The molecule has 20 heavy (non-hydrogen) atoms. The van der Waals surface area contributed by atoms with Crippen molar-refractivity contribution < 1.29 is 9.53 Å². The number of nitrogens with zero attached hydrogens (tertiary/aromatic N) is 3. The SMILES string of the molecule is Cc1c(C(=O)NC2CCCC23CCOCC3)nnn1C. The van der Waals surface area contributed by atoms with E-state index in [1.54, 1.807) is 11.7 Å². The summed E-state index contributed by atoms with van der Waals surface area (Å²) in [5, 5.41) is 11.1. The molecule has 1 aromatic rings. The first-order valence-corrected chi connectivity index (χ1v) is 7.37. The Labute approximate surface area is 118 Å². The number of hydrogen-bond donors (Lipinski definition) is 1. The van der Waals surface area contributed by atoms with E-state index in [1.165, 1.54) is 12.8 Å². The van der Waals surface area contributed by atoms with Gasteiger partial charge in [-0.25, -0.2) is 0 Å². The van der Waals surface area contributed by atoms with E-state index < -0.39 is 0 Å². The van der Waals surface area contributed by atoms with Crippen LogP contribution in [0.25, 0.3) is 0 Å². The number of aryl methyl sites for hydroxylation is 1. The summed E-state index contributed by atoms with van der Waals surface area (Å²) in [7, 11) is 1.80. The quantitative estimate of drug-likeness (QED) is 0.882. The molecule has 1 N–H and O–H groups in total. The van der Waals surface area contributed by atoms with Gasteiger partial charge in [-0.3, -0.25) is 9.48 Å². The second-order valence-corrected chi connectivity index (χ2v) is 6.04. The Balaban J connectivity index is 1.73. The summed E-state index contributed by atoms with van der Waals surface area (Å²) in [4.78, 5) is 12.4. The van der Waals surface area contributed by atoms with Gasteiger partial charge in [0.2, 0.25) is 0 Å². The Bertz CT molecular complexity index is 505. The van der Waals surface area contributed by atoms with Gasteiger partial charge in [-0.05, 0) is 38.0 Å². The van der Waals surface area contributed by atoms with E-state index in [0.717, 1.165) is 38.2 Å². The van der Waals surface area contributed by atoms with E-state index in [1.807, 2.05) is 6.92 Å². The predicted molar refractivity (Wildman–Crippen MR) is 73.3 cm³/mol. The Morgan fingerprint density at radius 1 is 1.40 bits per heavy atom. The summed E-state index contributed by atoms with van der Waals surface area (Å²) in [6, 6.07) is 0.250. The van der Waals surface area contributed by atoms with Gasteiger partial charge in [0, 0.05) is 26.3 Å². The molecule has 1 spiro atoms. The number of aromatic nitrogens is 3. The largest absolute Gasteiger partial charge is 0.381 e. The van der Waals surface area contributed by atoms with E-state index >= 15 is 0 Å². The molecule has 2 fully saturated rings. The van der Waals surface area contributed by atoms with Crippen LogP contribution in [0.5, 0.6) is 0 Å². The third-order valence-corrected chi connectivity index (χ3v) is 5.02. The zero-order valence-corrected chi connectivity index (χ0v) is 12.2. The van der Waals surface area contributed by atoms with E-state index in [0.29, 0.717) is 5.69 Å². The van der Waals surface area contributed by atoms with Crippen molar-refractivity contribution in [2.24, 2.45) is 12.5 Å². The van der Waals surface area contributed by atoms with Crippen LogP contribution in [-0.2, 0) is 11.8 Å². The third kappa shape index (κ3) is 2.22. The molecule has 2 heterocycles. The first kappa shape index (κ1) is 13.5. The number of carbonyl (C=O) groups is 1. The van der Waals surface area contributed by atoms with Gasteiger partial charge in [0.25, 0.3) is 5.91 Å². The number of nitrogens with one attached hydrogen (secondary N) is 1. The molecule has 1 saturated carbocycles. The number of amides is 1. The molecule has 0 radical (unpaired) electrons. The molecule has 2 aliphatic rings. The highest BCUT2D eigenvalue weighted by atomic mass is 16.5. The van der Waals surface area contributed by atoms with Crippen LogP contribution in [0, 0.1) is 12.3 Å². The lowest BCUT2D eigenvalue weighted by atomic mass is 9.75. The van der Waals surface area contributed by atoms with Gasteiger partial charge in [-0.2, -0.15) is 0 Å². The standard InChI is InChI=1S/C14H22N4O2/c1-10-12(16-17-18(10)2)13(19)15-11-4-3-5-14(11)6-8-20-9-7-14/h11H,3-9H2,1-2H3,(H,15,19). The van der Waals surface area contributed by atoms with E-state index in [-0.39, 0.29) is 17.4 Å². The van der Waals surface area contributed by atoms with Crippen molar-refractivity contribution in [2.45, 2.75) is 45.1 Å². The minimum absolute atomic E-state index is 0.0895. The zero-order valence-electron chi connectivity index (χ0n) is 12.2. The fourth-order valence-electron chi connectivity index (χ4n) is 3.58. The van der Waals surface area contributed by atoms with Gasteiger partial charge < -0.3 is 10.1 Å². The molecule has 0 bridgehead atoms. The van der Waals surface area contributed by atoms with Crippen molar-refractivity contribution >= 4 is 5.91 Å². The Morgan fingerprint density at radius 2 is 2.15 bits per heavy atom. The summed E-state index contributed by atoms with van der Waals surface area (Å²) in [6.45, 7) is 3.50. The van der Waals surface area contributed by atoms with Crippen LogP contribution in [0.1, 0.15) is 48.3 Å². The Kier molecular flexibility index (Phi) is 3.50. The van der Waals surface area contributed by atoms with Gasteiger partial charge in [0.1, 0.15) is 0 Å². The van der Waals surface area contributed by atoms with Crippen LogP contribution < -0.4 is 5.32 Å². The lowest BCUT2D eigenvalue weighted by Crippen LogP contribution is -2.47. The molecular weight excluding hydrogens is 256 g/mol. The molecule has 1 amide bonds. The molecule has 3 rings (SSSR count). The Morgan fingerprint density at radius 3 is 2.80 bits per heavy atom. The molecule has 1 atom stereocenters. The van der Waals surface area contributed by atoms with Crippen LogP contribution in [0.15, 0.2) is 0 Å². The topological polar surface area (TPSA) is 69.0 Å². The summed E-state index contributed by atoms with van der Waals surface area (Å²) >= 11 is 0. The van der Waals surface area contributed by atoms with Crippen molar-refractivity contribution in [3.05, 3.63) is 11.4 Å². The first-order chi connectivity index (χ1) is 9.62. The molecule has 1 unspecified atom stereocenters. The van der Waals surface area contributed by atoms with Gasteiger partial charge >= 0.3 is 0 Å². The molecule has 0 aromatic carbocycles. The maximum absolute atomic E-state index is 12.4. The first-order valence-electron chi connectivity index (χ1n) is 7.37. The fraction of sp³-hybridized carbons (Fsp3) is 0.786. The second-order valence-electron chi connectivity index (χ2n) is 6.04. The highest BCUT2D eigenvalue weighted by Gasteiger charge is 2.44. The van der Waals surface area contributed by atoms with Crippen molar-refractivity contribution in [3.8, 4) is 0 Å². The average Bonchev–Trinajstić information content (AvgIpc) is 2.97. The average molecular weight is 278 g/mol. The predicted octanol–water partition coefficient (Wildman–Crippen LogP) is 1.20. The highest BCUT2D eigenvalue weighted by Crippen LogP contribution is 2.46. The molecule has 1 aromatic heterocycles. The van der Waals surface area contributed by atoms with E-state index in [9.17, 15) is 4.79 Å². The third-order valence-electron chi connectivity index (χ3n) is 5.02. The van der Waals surface area contributed by atoms with E-state index in [2.05, 4.69) is 15.6 Å². The summed E-state index contributed by atoms with van der Waals surface area (Å²) in [5.74, 6) is -0.0895. The molecular formula is C14H22N4O2. The van der Waals surface area contributed by atoms with Crippen LogP contribution in [0.3, 0.4) is 0 Å². The second kappa shape index (κ2) is 5.16. The van der Waals surface area contributed by atoms with Gasteiger partial charge in [-0.1, -0.05) is 11.6 Å². The molecule has 6 nitrogen and oxygen atoms in total. The van der Waals surface area contributed by atoms with Gasteiger partial charge in [0.15, 0.2) is 5.69 Å². The summed E-state index contributed by atoms with van der Waals surface area (Å²) < 4.78 is 7.11. The number of hydrogen-bond acceptors (Lipinski definition) is 4. The summed E-state index contributed by atoms with van der Waals surface area (Å²) in [6.07, 6.45) is 5.55. The molecule has 1 saturated heterocycles. The minimum Gasteiger partial charge on any atom is -0.381 e. The minimum atomic E-state index is -0.0895. The van der Waals surface area contributed by atoms with Crippen molar-refractivity contribution in [1.82, 2.24) is 20.3 Å². The molecule has 1 aliphatic heterocycles. The molecule has 6 heteroatoms. The van der Waals surface area contributed by atoms with Gasteiger partial charge in [0.05, 0.1) is 5.69 Å². The normalized spacial score (nSPS) is 25.0. The van der Waals surface area contributed by atoms with Crippen molar-refractivity contribution in [2.75, 3.05) is 13.2 Å². The van der Waals surface area contributed by atoms with Gasteiger partial charge in [-0.15, -0.1) is 5.10 Å². The van der Waals surface area contributed by atoms with Crippen LogP contribution in [0.2, 0.25) is 0 Å². The lowest BCUT2D eigenvalue weighted by Gasteiger charge is -2.39. The number of ether oxygens (including phenoxy) is 1. The highest BCUT2D eigenvalue weighted by molar-refractivity contribution is 5.93.